The molecule has 3 unspecified atom stereocenters. The Hall–Kier alpha value is -2.07. The summed E-state index contributed by atoms with van der Waals surface area (Å²) in [7, 11) is -4.62. The minimum Gasteiger partial charge on any atom is -0.462 e. The van der Waals surface area contributed by atoms with Crippen molar-refractivity contribution in [3.05, 3.63) is 48.6 Å². The molecule has 11 heteroatoms. The van der Waals surface area contributed by atoms with E-state index in [1.54, 1.807) is 0 Å². The van der Waals surface area contributed by atoms with Crippen LogP contribution in [0.2, 0.25) is 0 Å². The Balaban J connectivity index is 4.48. The summed E-state index contributed by atoms with van der Waals surface area (Å²) >= 11 is 0. The number of hydrogen-bond donors (Lipinski definition) is 3. The van der Waals surface area contributed by atoms with E-state index in [4.69, 9.17) is 19.1 Å². The largest absolute Gasteiger partial charge is 0.472 e. The van der Waals surface area contributed by atoms with Crippen LogP contribution in [-0.4, -0.2) is 65.7 Å². The molecule has 0 fully saturated rings. The molecule has 0 saturated carbocycles. The summed E-state index contributed by atoms with van der Waals surface area (Å²) in [5, 5.41) is 18.2. The van der Waals surface area contributed by atoms with Gasteiger partial charge < -0.3 is 24.6 Å². The van der Waals surface area contributed by atoms with Gasteiger partial charge in [0.2, 0.25) is 0 Å². The van der Waals surface area contributed by atoms with E-state index < -0.39 is 51.8 Å². The Bertz CT molecular complexity index is 946. The van der Waals surface area contributed by atoms with E-state index in [1.165, 1.54) is 19.3 Å². The Morgan fingerprint density at radius 1 is 0.646 bits per heavy atom. The first-order valence-electron chi connectivity index (χ1n) is 18.1. The zero-order valence-corrected chi connectivity index (χ0v) is 30.6. The molecule has 0 bridgehead atoms. The molecule has 0 radical (unpaired) electrons. The number of allylic oxidation sites excluding steroid dienone is 8. The monoisotopic (exact) mass is 700 g/mol. The van der Waals surface area contributed by atoms with E-state index in [0.717, 1.165) is 77.0 Å². The van der Waals surface area contributed by atoms with E-state index in [2.05, 4.69) is 67.0 Å². The molecule has 0 heterocycles. The summed E-state index contributed by atoms with van der Waals surface area (Å²) in [5.41, 5.74) is 0. The number of carbonyl (C=O) groups excluding carboxylic acids is 2. The van der Waals surface area contributed by atoms with Gasteiger partial charge in [-0.15, -0.1) is 0 Å². The molecule has 48 heavy (non-hydrogen) atoms. The maximum atomic E-state index is 12.5. The van der Waals surface area contributed by atoms with E-state index in [0.29, 0.717) is 12.8 Å². The minimum absolute atomic E-state index is 0.146. The summed E-state index contributed by atoms with van der Waals surface area (Å²) in [4.78, 5) is 34.7. The van der Waals surface area contributed by atoms with Gasteiger partial charge in [0.1, 0.15) is 12.7 Å². The molecule has 3 N–H and O–H groups in total. The lowest BCUT2D eigenvalue weighted by atomic mass is 10.1. The normalized spacial score (nSPS) is 14.7. The fourth-order valence-corrected chi connectivity index (χ4v) is 5.20. The SMILES string of the molecule is CC/C=C\C/C=C\C/C=C\CCCCCC(=O)OC(COC(=O)CCCCCCC/C=C\CCCCC)COP(=O)(O)OCC(O)CO. The second-order valence-electron chi connectivity index (χ2n) is 11.9. The van der Waals surface area contributed by atoms with Crippen LogP contribution in [0.25, 0.3) is 0 Å². The summed E-state index contributed by atoms with van der Waals surface area (Å²) in [6.45, 7) is 2.16. The van der Waals surface area contributed by atoms with Gasteiger partial charge in [0.15, 0.2) is 6.10 Å². The van der Waals surface area contributed by atoms with Crippen LogP contribution in [0.5, 0.6) is 0 Å². The predicted octanol–water partition coefficient (Wildman–Crippen LogP) is 8.60. The van der Waals surface area contributed by atoms with Gasteiger partial charge in [-0.2, -0.15) is 0 Å². The molecule has 0 rings (SSSR count). The van der Waals surface area contributed by atoms with Crippen LogP contribution >= 0.6 is 7.82 Å². The van der Waals surface area contributed by atoms with Crippen molar-refractivity contribution in [3.63, 3.8) is 0 Å². The van der Waals surface area contributed by atoms with Crippen molar-refractivity contribution in [2.24, 2.45) is 0 Å². The van der Waals surface area contributed by atoms with Gasteiger partial charge in [0.25, 0.3) is 0 Å². The molecule has 3 atom stereocenters. The first kappa shape index (κ1) is 45.9. The van der Waals surface area contributed by atoms with Crippen LogP contribution in [0, 0.1) is 0 Å². The Morgan fingerprint density at radius 3 is 1.77 bits per heavy atom. The van der Waals surface area contributed by atoms with Crippen LogP contribution in [0.1, 0.15) is 136 Å². The predicted molar refractivity (Wildman–Crippen MR) is 191 cm³/mol. The number of carbonyl (C=O) groups is 2. The fraction of sp³-hybridized carbons (Fsp3) is 0.730. The third kappa shape index (κ3) is 32.5. The summed E-state index contributed by atoms with van der Waals surface area (Å²) in [6, 6.07) is 0. The van der Waals surface area contributed by atoms with Gasteiger partial charge in [-0.3, -0.25) is 18.6 Å². The van der Waals surface area contributed by atoms with Crippen molar-refractivity contribution < 1.29 is 47.8 Å². The Labute approximate surface area is 290 Å². The van der Waals surface area contributed by atoms with Crippen molar-refractivity contribution in [1.82, 2.24) is 0 Å². The Kier molecular flexibility index (Phi) is 32.0. The molecular weight excluding hydrogens is 635 g/mol. The number of aliphatic hydroxyl groups is 2. The molecule has 10 nitrogen and oxygen atoms in total. The second kappa shape index (κ2) is 33.4. The number of unbranched alkanes of at least 4 members (excludes halogenated alkanes) is 11. The first-order chi connectivity index (χ1) is 23.2. The number of hydrogen-bond acceptors (Lipinski definition) is 9. The van der Waals surface area contributed by atoms with Crippen LogP contribution in [0.4, 0.5) is 0 Å². The van der Waals surface area contributed by atoms with Gasteiger partial charge in [-0.1, -0.05) is 101 Å². The number of rotatable bonds is 33. The standard InChI is InChI=1S/C37H65O10P/c1-3-5-7-9-11-13-15-17-19-21-23-25-27-29-37(41)47-35(33-46-48(42,43)45-31-34(39)30-38)32-44-36(40)28-26-24-22-20-18-16-14-12-10-8-6-4-2/h5,7,11-14,17,19,34-35,38-39H,3-4,6,8-10,15-16,18,20-33H2,1-2H3,(H,42,43)/b7-5-,13-11-,14-12-,19-17-. The van der Waals surface area contributed by atoms with Crippen LogP contribution in [0.15, 0.2) is 48.6 Å². The highest BCUT2D eigenvalue weighted by Crippen LogP contribution is 2.43. The highest BCUT2D eigenvalue weighted by molar-refractivity contribution is 7.47. The van der Waals surface area contributed by atoms with E-state index in [9.17, 15) is 24.2 Å². The molecule has 0 amide bonds. The molecule has 0 aliphatic rings. The average molecular weight is 701 g/mol. The molecule has 0 aliphatic heterocycles. The molecule has 0 aliphatic carbocycles. The Morgan fingerprint density at radius 2 is 1.15 bits per heavy atom. The van der Waals surface area contributed by atoms with Crippen molar-refractivity contribution >= 4 is 19.8 Å². The quantitative estimate of drug-likeness (QED) is 0.0263. The number of aliphatic hydroxyl groups excluding tert-OH is 2. The number of phosphoric acid groups is 1. The maximum absolute atomic E-state index is 12.5. The van der Waals surface area contributed by atoms with Gasteiger partial charge in [0.05, 0.1) is 19.8 Å². The third-order valence-corrected chi connectivity index (χ3v) is 8.17. The minimum atomic E-state index is -4.62. The van der Waals surface area contributed by atoms with E-state index in [1.807, 2.05) is 0 Å². The smallest absolute Gasteiger partial charge is 0.462 e. The lowest BCUT2D eigenvalue weighted by Gasteiger charge is -2.20. The number of esters is 2. The number of phosphoric ester groups is 1. The zero-order valence-electron chi connectivity index (χ0n) is 29.7. The van der Waals surface area contributed by atoms with Crippen LogP contribution < -0.4 is 0 Å². The molecule has 0 spiro atoms. The van der Waals surface area contributed by atoms with Gasteiger partial charge in [-0.25, -0.2) is 4.57 Å². The van der Waals surface area contributed by atoms with Crippen molar-refractivity contribution in [3.8, 4) is 0 Å². The van der Waals surface area contributed by atoms with E-state index in [-0.39, 0.29) is 19.4 Å². The van der Waals surface area contributed by atoms with Gasteiger partial charge in [-0.05, 0) is 70.6 Å². The highest BCUT2D eigenvalue weighted by Gasteiger charge is 2.27. The lowest BCUT2D eigenvalue weighted by Crippen LogP contribution is -2.29. The third-order valence-electron chi connectivity index (χ3n) is 7.22. The molecule has 278 valence electrons. The van der Waals surface area contributed by atoms with Crippen molar-refractivity contribution in [1.29, 1.82) is 0 Å². The van der Waals surface area contributed by atoms with Crippen molar-refractivity contribution in [2.75, 3.05) is 26.4 Å². The van der Waals surface area contributed by atoms with E-state index >= 15 is 0 Å². The number of ether oxygens (including phenoxy) is 2. The fourth-order valence-electron chi connectivity index (χ4n) is 4.41. The lowest BCUT2D eigenvalue weighted by molar-refractivity contribution is -0.161. The molecule has 0 aromatic carbocycles. The highest BCUT2D eigenvalue weighted by atomic mass is 31.2. The second-order valence-corrected chi connectivity index (χ2v) is 13.3. The summed E-state index contributed by atoms with van der Waals surface area (Å²) in [5.74, 6) is -0.977. The molecule has 0 aromatic heterocycles. The molecule has 0 saturated heterocycles. The summed E-state index contributed by atoms with van der Waals surface area (Å²) in [6.07, 6.45) is 32.3. The van der Waals surface area contributed by atoms with Crippen molar-refractivity contribution in [2.45, 2.75) is 148 Å². The first-order valence-corrected chi connectivity index (χ1v) is 19.6. The van der Waals surface area contributed by atoms with Gasteiger partial charge >= 0.3 is 19.8 Å². The zero-order chi connectivity index (χ0) is 35.6. The van der Waals surface area contributed by atoms with Crippen LogP contribution in [-0.2, 0) is 32.7 Å². The summed E-state index contributed by atoms with van der Waals surface area (Å²) < 4.78 is 32.5. The average Bonchev–Trinajstić information content (AvgIpc) is 3.07. The van der Waals surface area contributed by atoms with Gasteiger partial charge in [0, 0.05) is 12.8 Å². The maximum Gasteiger partial charge on any atom is 0.472 e. The topological polar surface area (TPSA) is 149 Å². The van der Waals surface area contributed by atoms with Crippen LogP contribution in [0.3, 0.4) is 0 Å². The molecule has 0 aromatic rings. The molecular formula is C37H65O10P.